The maximum Gasteiger partial charge on any atom is 0.275 e. The minimum absolute atomic E-state index is 0.280. The van der Waals surface area contributed by atoms with Crippen LogP contribution in [0.1, 0.15) is 15.4 Å². The van der Waals surface area contributed by atoms with Gasteiger partial charge in [0.05, 0.1) is 24.8 Å². The van der Waals surface area contributed by atoms with E-state index in [-0.39, 0.29) is 5.91 Å². The van der Waals surface area contributed by atoms with Crippen LogP contribution in [0.15, 0.2) is 65.8 Å². The third-order valence-electron chi connectivity index (χ3n) is 4.05. The molecule has 4 aromatic rings. The summed E-state index contributed by atoms with van der Waals surface area (Å²) in [7, 11) is 0. The Labute approximate surface area is 165 Å². The number of nitrogens with one attached hydrogen (secondary N) is 1. The van der Waals surface area contributed by atoms with Crippen LogP contribution in [0, 0.1) is 6.92 Å². The van der Waals surface area contributed by atoms with E-state index in [1.54, 1.807) is 30.9 Å². The minimum Gasteiger partial charge on any atom is -0.490 e. The molecular weight excluding hydrogens is 376 g/mol. The highest BCUT2D eigenvalue weighted by Crippen LogP contribution is 2.29. The van der Waals surface area contributed by atoms with Gasteiger partial charge in [0.2, 0.25) is 0 Å². The first-order valence-electron chi connectivity index (χ1n) is 8.71. The lowest BCUT2D eigenvalue weighted by molar-refractivity contribution is 0.102. The molecule has 0 bridgehead atoms. The zero-order chi connectivity index (χ0) is 19.3. The molecule has 0 unspecified atom stereocenters. The fourth-order valence-electron chi connectivity index (χ4n) is 2.67. The molecule has 0 fully saturated rings. The lowest BCUT2D eigenvalue weighted by Gasteiger charge is -2.12. The largest absolute Gasteiger partial charge is 0.490 e. The van der Waals surface area contributed by atoms with Crippen LogP contribution in [-0.4, -0.2) is 27.0 Å². The third kappa shape index (κ3) is 3.96. The van der Waals surface area contributed by atoms with E-state index >= 15 is 0 Å². The molecule has 0 aliphatic rings. The molecule has 8 heteroatoms. The molecule has 0 aliphatic heterocycles. The average molecular weight is 394 g/mol. The predicted octanol–water partition coefficient (Wildman–Crippen LogP) is 4.24. The molecule has 0 saturated carbocycles. The summed E-state index contributed by atoms with van der Waals surface area (Å²) in [6.45, 7) is 2.99. The number of thiazole rings is 1. The van der Waals surface area contributed by atoms with Crippen LogP contribution < -0.4 is 10.1 Å². The van der Waals surface area contributed by atoms with Gasteiger partial charge in [-0.2, -0.15) is 0 Å². The molecule has 1 N–H and O–H groups in total. The Morgan fingerprint density at radius 1 is 1.29 bits per heavy atom. The van der Waals surface area contributed by atoms with Crippen molar-refractivity contribution in [3.8, 4) is 16.5 Å². The summed E-state index contributed by atoms with van der Waals surface area (Å²) in [5, 5.41) is 3.58. The molecule has 0 spiro atoms. The predicted molar refractivity (Wildman–Crippen MR) is 107 cm³/mol. The molecular formula is C20H18N4O3S. The van der Waals surface area contributed by atoms with E-state index in [1.165, 1.54) is 11.3 Å². The van der Waals surface area contributed by atoms with Gasteiger partial charge in [0.1, 0.15) is 18.1 Å². The summed E-state index contributed by atoms with van der Waals surface area (Å²) in [5.41, 5.74) is 0.981. The quantitative estimate of drug-likeness (QED) is 0.507. The zero-order valence-corrected chi connectivity index (χ0v) is 16.0. The number of furan rings is 1. The number of aryl methyl sites for hydroxylation is 1. The van der Waals surface area contributed by atoms with Crippen molar-refractivity contribution < 1.29 is 13.9 Å². The van der Waals surface area contributed by atoms with Crippen LogP contribution in [0.25, 0.3) is 10.8 Å². The fraction of sp³-hybridized carbons (Fsp3) is 0.150. The molecule has 3 aromatic heterocycles. The first-order chi connectivity index (χ1) is 13.7. The van der Waals surface area contributed by atoms with Crippen molar-refractivity contribution >= 4 is 22.9 Å². The van der Waals surface area contributed by atoms with Gasteiger partial charge in [-0.3, -0.25) is 4.79 Å². The molecule has 4 rings (SSSR count). The highest BCUT2D eigenvalue weighted by atomic mass is 32.1. The molecule has 0 atom stereocenters. The van der Waals surface area contributed by atoms with Gasteiger partial charge in [-0.25, -0.2) is 9.97 Å². The van der Waals surface area contributed by atoms with Crippen molar-refractivity contribution in [3.63, 3.8) is 0 Å². The van der Waals surface area contributed by atoms with Crippen LogP contribution in [0.4, 0.5) is 5.69 Å². The molecule has 28 heavy (non-hydrogen) atoms. The number of hydrogen-bond donors (Lipinski definition) is 1. The molecule has 7 nitrogen and oxygen atoms in total. The highest BCUT2D eigenvalue weighted by molar-refractivity contribution is 7.15. The van der Waals surface area contributed by atoms with E-state index < -0.39 is 0 Å². The van der Waals surface area contributed by atoms with Crippen molar-refractivity contribution in [2.24, 2.45) is 0 Å². The van der Waals surface area contributed by atoms with E-state index in [0.717, 1.165) is 4.88 Å². The number of aromatic nitrogens is 3. The van der Waals surface area contributed by atoms with Crippen LogP contribution >= 0.6 is 11.3 Å². The van der Waals surface area contributed by atoms with Gasteiger partial charge in [-0.1, -0.05) is 12.1 Å². The Morgan fingerprint density at radius 3 is 2.96 bits per heavy atom. The SMILES string of the molecule is Cc1sc(-c2ccco2)nc1C(=O)Nc1ccccc1OCCn1ccnc1. The van der Waals surface area contributed by atoms with Crippen molar-refractivity contribution in [1.29, 1.82) is 0 Å². The summed E-state index contributed by atoms with van der Waals surface area (Å²) in [6, 6.07) is 11.0. The Hall–Kier alpha value is -3.39. The molecule has 0 radical (unpaired) electrons. The Kier molecular flexibility index (Phi) is 5.20. The summed E-state index contributed by atoms with van der Waals surface area (Å²) >= 11 is 1.42. The second-order valence-corrected chi connectivity index (χ2v) is 7.20. The number of hydrogen-bond acceptors (Lipinski definition) is 6. The van der Waals surface area contributed by atoms with Crippen molar-refractivity contribution in [2.75, 3.05) is 11.9 Å². The number of carbonyl (C=O) groups excluding carboxylic acids is 1. The fourth-order valence-corrected chi connectivity index (χ4v) is 3.55. The van der Waals surface area contributed by atoms with E-state index in [9.17, 15) is 4.79 Å². The first-order valence-corrected chi connectivity index (χ1v) is 9.52. The number of carbonyl (C=O) groups is 1. The van der Waals surface area contributed by atoms with Gasteiger partial charge < -0.3 is 19.0 Å². The Morgan fingerprint density at radius 2 is 2.18 bits per heavy atom. The molecule has 0 aliphatic carbocycles. The van der Waals surface area contributed by atoms with E-state index in [1.807, 2.05) is 42.0 Å². The van der Waals surface area contributed by atoms with E-state index in [2.05, 4.69) is 15.3 Å². The summed E-state index contributed by atoms with van der Waals surface area (Å²) < 4.78 is 13.1. The summed E-state index contributed by atoms with van der Waals surface area (Å²) in [6.07, 6.45) is 6.92. The first kappa shape index (κ1) is 18.0. The number of rotatable bonds is 7. The van der Waals surface area contributed by atoms with Gasteiger partial charge in [0.15, 0.2) is 10.8 Å². The Bertz CT molecular complexity index is 1060. The molecule has 0 saturated heterocycles. The Balaban J connectivity index is 1.46. The molecule has 142 valence electrons. The lowest BCUT2D eigenvalue weighted by atomic mass is 10.2. The van der Waals surface area contributed by atoms with Gasteiger partial charge >= 0.3 is 0 Å². The van der Waals surface area contributed by atoms with Gasteiger partial charge in [0.25, 0.3) is 5.91 Å². The highest BCUT2D eigenvalue weighted by Gasteiger charge is 2.18. The number of anilines is 1. The van der Waals surface area contributed by atoms with Crippen LogP contribution in [0.3, 0.4) is 0 Å². The number of imidazole rings is 1. The average Bonchev–Trinajstić information content (AvgIpc) is 3.44. The van der Waals surface area contributed by atoms with Crippen molar-refractivity contribution in [1.82, 2.24) is 14.5 Å². The van der Waals surface area contributed by atoms with Gasteiger partial charge in [-0.15, -0.1) is 11.3 Å². The van der Waals surface area contributed by atoms with E-state index in [0.29, 0.717) is 41.1 Å². The number of nitrogens with zero attached hydrogens (tertiary/aromatic N) is 3. The number of ether oxygens (including phenoxy) is 1. The maximum atomic E-state index is 12.8. The lowest BCUT2D eigenvalue weighted by Crippen LogP contribution is -2.15. The van der Waals surface area contributed by atoms with Crippen molar-refractivity contribution in [3.05, 3.63) is 72.0 Å². The van der Waals surface area contributed by atoms with Gasteiger partial charge in [-0.05, 0) is 31.2 Å². The van der Waals surface area contributed by atoms with Crippen LogP contribution in [0.2, 0.25) is 0 Å². The smallest absolute Gasteiger partial charge is 0.275 e. The van der Waals surface area contributed by atoms with E-state index in [4.69, 9.17) is 9.15 Å². The summed E-state index contributed by atoms with van der Waals surface area (Å²) in [4.78, 5) is 22.0. The summed E-state index contributed by atoms with van der Waals surface area (Å²) in [5.74, 6) is 0.975. The molecule has 1 aromatic carbocycles. The maximum absolute atomic E-state index is 12.8. The molecule has 3 heterocycles. The number of benzene rings is 1. The second kappa shape index (κ2) is 8.10. The zero-order valence-electron chi connectivity index (χ0n) is 15.2. The monoisotopic (exact) mass is 394 g/mol. The van der Waals surface area contributed by atoms with Gasteiger partial charge in [0, 0.05) is 17.3 Å². The third-order valence-corrected chi connectivity index (χ3v) is 5.03. The minimum atomic E-state index is -0.280. The topological polar surface area (TPSA) is 82.2 Å². The normalized spacial score (nSPS) is 10.8. The molecule has 1 amide bonds. The standard InChI is InChI=1S/C20H18N4O3S/c1-14-18(23-20(28-14)17-7-4-11-26-17)19(25)22-15-5-2-3-6-16(15)27-12-10-24-9-8-21-13-24/h2-9,11,13H,10,12H2,1H3,(H,22,25). The van der Waals surface area contributed by atoms with Crippen LogP contribution in [-0.2, 0) is 6.54 Å². The number of amides is 1. The van der Waals surface area contributed by atoms with Crippen molar-refractivity contribution in [2.45, 2.75) is 13.5 Å². The van der Waals surface area contributed by atoms with Crippen LogP contribution in [0.5, 0.6) is 5.75 Å². The number of para-hydroxylation sites is 2. The second-order valence-electron chi connectivity index (χ2n) is 6.00.